The molecule has 2 aromatic rings. The standard InChI is InChI=1S/C18H21NO2/c1-4-21-18(20)17-13(3)19(16-11-7-9-14(16)17)15-10-6-5-8-12(15)2/h5-6,8,10H,4,7,9,11H2,1-3H3. The van der Waals surface area contributed by atoms with Crippen LogP contribution in [0.5, 0.6) is 0 Å². The van der Waals surface area contributed by atoms with E-state index in [0.29, 0.717) is 6.61 Å². The molecule has 3 rings (SSSR count). The van der Waals surface area contributed by atoms with Crippen LogP contribution in [-0.2, 0) is 17.6 Å². The molecule has 0 aliphatic heterocycles. The summed E-state index contributed by atoms with van der Waals surface area (Å²) in [6.07, 6.45) is 3.12. The number of hydrogen-bond donors (Lipinski definition) is 0. The largest absolute Gasteiger partial charge is 0.462 e. The van der Waals surface area contributed by atoms with Gasteiger partial charge in [-0.1, -0.05) is 18.2 Å². The molecule has 0 saturated heterocycles. The Hall–Kier alpha value is -2.03. The Morgan fingerprint density at radius 1 is 1.24 bits per heavy atom. The third-order valence-corrected chi connectivity index (χ3v) is 4.29. The first-order chi connectivity index (χ1) is 10.1. The van der Waals surface area contributed by atoms with E-state index in [4.69, 9.17) is 4.74 Å². The van der Waals surface area contributed by atoms with Gasteiger partial charge in [-0.3, -0.25) is 0 Å². The van der Waals surface area contributed by atoms with Crippen LogP contribution in [0.25, 0.3) is 5.69 Å². The Bertz CT molecular complexity index is 697. The summed E-state index contributed by atoms with van der Waals surface area (Å²) in [6.45, 7) is 6.41. The molecule has 3 heteroatoms. The molecule has 1 heterocycles. The molecule has 0 amide bonds. The fourth-order valence-corrected chi connectivity index (χ4v) is 3.39. The van der Waals surface area contributed by atoms with Gasteiger partial charge in [-0.25, -0.2) is 4.79 Å². The lowest BCUT2D eigenvalue weighted by atomic mass is 10.1. The van der Waals surface area contributed by atoms with Gasteiger partial charge < -0.3 is 9.30 Å². The van der Waals surface area contributed by atoms with E-state index in [0.717, 1.165) is 30.5 Å². The molecule has 0 bridgehead atoms. The van der Waals surface area contributed by atoms with Crippen molar-refractivity contribution < 1.29 is 9.53 Å². The highest BCUT2D eigenvalue weighted by molar-refractivity contribution is 5.93. The minimum atomic E-state index is -0.180. The second-order valence-corrected chi connectivity index (χ2v) is 5.58. The first kappa shape index (κ1) is 13.9. The summed E-state index contributed by atoms with van der Waals surface area (Å²) in [7, 11) is 0. The van der Waals surface area contributed by atoms with Crippen LogP contribution >= 0.6 is 0 Å². The number of aromatic nitrogens is 1. The third-order valence-electron chi connectivity index (χ3n) is 4.29. The molecule has 0 unspecified atom stereocenters. The van der Waals surface area contributed by atoms with Gasteiger partial charge in [0.1, 0.15) is 0 Å². The molecular weight excluding hydrogens is 262 g/mol. The van der Waals surface area contributed by atoms with Gasteiger partial charge >= 0.3 is 5.97 Å². The van der Waals surface area contributed by atoms with Crippen molar-refractivity contribution in [1.29, 1.82) is 0 Å². The lowest BCUT2D eigenvalue weighted by Gasteiger charge is -2.13. The number of aryl methyl sites for hydroxylation is 1. The minimum Gasteiger partial charge on any atom is -0.462 e. The average Bonchev–Trinajstić information content (AvgIpc) is 3.00. The SMILES string of the molecule is CCOC(=O)c1c2c(n(-c3ccccc3C)c1C)CCC2. The van der Waals surface area contributed by atoms with E-state index in [2.05, 4.69) is 23.6 Å². The van der Waals surface area contributed by atoms with E-state index >= 15 is 0 Å². The van der Waals surface area contributed by atoms with Crippen LogP contribution in [-0.4, -0.2) is 17.1 Å². The molecule has 1 aliphatic carbocycles. The first-order valence-electron chi connectivity index (χ1n) is 7.61. The van der Waals surface area contributed by atoms with Crippen LogP contribution in [0.1, 0.15) is 46.2 Å². The fourth-order valence-electron chi connectivity index (χ4n) is 3.39. The van der Waals surface area contributed by atoms with Gasteiger partial charge in [0.05, 0.1) is 12.2 Å². The Labute approximate surface area is 125 Å². The van der Waals surface area contributed by atoms with Crippen LogP contribution in [0.2, 0.25) is 0 Å². The number of benzene rings is 1. The van der Waals surface area contributed by atoms with Gasteiger partial charge in [0.15, 0.2) is 0 Å². The van der Waals surface area contributed by atoms with Gasteiger partial charge in [0.2, 0.25) is 0 Å². The number of hydrogen-bond acceptors (Lipinski definition) is 2. The molecule has 0 atom stereocenters. The predicted octanol–water partition coefficient (Wildman–Crippen LogP) is 3.76. The number of rotatable bonds is 3. The van der Waals surface area contributed by atoms with Crippen LogP contribution in [0.4, 0.5) is 0 Å². The quantitative estimate of drug-likeness (QED) is 0.803. The fraction of sp³-hybridized carbons (Fsp3) is 0.389. The number of carbonyl (C=O) groups is 1. The summed E-state index contributed by atoms with van der Waals surface area (Å²) in [6, 6.07) is 8.33. The normalized spacial score (nSPS) is 13.3. The molecule has 21 heavy (non-hydrogen) atoms. The number of carbonyl (C=O) groups excluding carboxylic acids is 1. The molecule has 0 fully saturated rings. The maximum atomic E-state index is 12.3. The topological polar surface area (TPSA) is 31.2 Å². The molecule has 1 aromatic heterocycles. The predicted molar refractivity (Wildman–Crippen MR) is 83.2 cm³/mol. The zero-order valence-electron chi connectivity index (χ0n) is 12.9. The van der Waals surface area contributed by atoms with E-state index in [9.17, 15) is 4.79 Å². The molecule has 1 aliphatic rings. The maximum Gasteiger partial charge on any atom is 0.340 e. The molecular formula is C18H21NO2. The summed E-state index contributed by atoms with van der Waals surface area (Å²) in [4.78, 5) is 12.3. The van der Waals surface area contributed by atoms with Gasteiger partial charge in [-0.05, 0) is 57.2 Å². The molecule has 110 valence electrons. The van der Waals surface area contributed by atoms with Gasteiger partial charge in [-0.15, -0.1) is 0 Å². The van der Waals surface area contributed by atoms with E-state index in [1.165, 1.54) is 22.5 Å². The van der Waals surface area contributed by atoms with Crippen molar-refractivity contribution in [2.24, 2.45) is 0 Å². The van der Waals surface area contributed by atoms with Crippen LogP contribution in [0.15, 0.2) is 24.3 Å². The highest BCUT2D eigenvalue weighted by Crippen LogP contribution is 2.34. The first-order valence-corrected chi connectivity index (χ1v) is 7.61. The maximum absolute atomic E-state index is 12.3. The van der Waals surface area contributed by atoms with Gasteiger partial charge in [-0.2, -0.15) is 0 Å². The Balaban J connectivity index is 2.21. The van der Waals surface area contributed by atoms with Gasteiger partial charge in [0.25, 0.3) is 0 Å². The van der Waals surface area contributed by atoms with Crippen molar-refractivity contribution in [1.82, 2.24) is 4.57 Å². The van der Waals surface area contributed by atoms with Crippen molar-refractivity contribution >= 4 is 5.97 Å². The number of para-hydroxylation sites is 1. The second-order valence-electron chi connectivity index (χ2n) is 5.58. The highest BCUT2D eigenvalue weighted by atomic mass is 16.5. The van der Waals surface area contributed by atoms with Crippen LogP contribution in [0.3, 0.4) is 0 Å². The monoisotopic (exact) mass is 283 g/mol. The highest BCUT2D eigenvalue weighted by Gasteiger charge is 2.29. The van der Waals surface area contributed by atoms with Crippen LogP contribution < -0.4 is 0 Å². The van der Waals surface area contributed by atoms with E-state index in [1.807, 2.05) is 26.0 Å². The number of ether oxygens (including phenoxy) is 1. The number of nitrogens with zero attached hydrogens (tertiary/aromatic N) is 1. The molecule has 0 saturated carbocycles. The van der Waals surface area contributed by atoms with Crippen molar-refractivity contribution in [3.05, 3.63) is 52.3 Å². The van der Waals surface area contributed by atoms with E-state index in [-0.39, 0.29) is 5.97 Å². The zero-order valence-corrected chi connectivity index (χ0v) is 12.9. The average molecular weight is 283 g/mol. The molecule has 0 radical (unpaired) electrons. The third kappa shape index (κ3) is 2.17. The number of fused-ring (bicyclic) bond motifs is 1. The number of esters is 1. The summed E-state index contributed by atoms with van der Waals surface area (Å²) in [5.74, 6) is -0.180. The molecule has 1 aromatic carbocycles. The van der Waals surface area contributed by atoms with Gasteiger partial charge in [0, 0.05) is 17.1 Å². The smallest absolute Gasteiger partial charge is 0.340 e. The molecule has 0 N–H and O–H groups in total. The van der Waals surface area contributed by atoms with Crippen molar-refractivity contribution in [3.8, 4) is 5.69 Å². The second kappa shape index (κ2) is 5.40. The zero-order chi connectivity index (χ0) is 15.0. The molecule has 0 spiro atoms. The van der Waals surface area contributed by atoms with E-state index in [1.54, 1.807) is 0 Å². The Morgan fingerprint density at radius 3 is 2.71 bits per heavy atom. The summed E-state index contributed by atoms with van der Waals surface area (Å²) in [5, 5.41) is 0. The molecule has 3 nitrogen and oxygen atoms in total. The van der Waals surface area contributed by atoms with E-state index < -0.39 is 0 Å². The summed E-state index contributed by atoms with van der Waals surface area (Å²) >= 11 is 0. The van der Waals surface area contributed by atoms with Crippen LogP contribution in [0, 0.1) is 13.8 Å². The van der Waals surface area contributed by atoms with Crippen molar-refractivity contribution in [2.75, 3.05) is 6.61 Å². The lowest BCUT2D eigenvalue weighted by molar-refractivity contribution is 0.0524. The Kier molecular flexibility index (Phi) is 3.58. The van der Waals surface area contributed by atoms with Crippen molar-refractivity contribution in [3.63, 3.8) is 0 Å². The van der Waals surface area contributed by atoms with Crippen molar-refractivity contribution in [2.45, 2.75) is 40.0 Å². The lowest BCUT2D eigenvalue weighted by Crippen LogP contribution is -2.09. The Morgan fingerprint density at radius 2 is 2.00 bits per heavy atom. The minimum absolute atomic E-state index is 0.180. The summed E-state index contributed by atoms with van der Waals surface area (Å²) in [5.41, 5.74) is 6.66. The summed E-state index contributed by atoms with van der Waals surface area (Å²) < 4.78 is 7.52.